The molecule has 1 saturated carbocycles. The number of amides is 1. The lowest BCUT2D eigenvalue weighted by atomic mass is 9.75. The maximum Gasteiger partial charge on any atom is 0.290 e. The second kappa shape index (κ2) is 6.17. The van der Waals surface area contributed by atoms with Gasteiger partial charge in [-0.15, -0.1) is 10.2 Å². The monoisotopic (exact) mass is 355 g/mol. The first-order valence-electron chi connectivity index (χ1n) is 8.59. The number of hydrogen-bond donors (Lipinski definition) is 2. The Kier molecular flexibility index (Phi) is 3.95. The average Bonchev–Trinajstić information content (AvgIpc) is 3.16. The highest BCUT2D eigenvalue weighted by Gasteiger charge is 2.37. The van der Waals surface area contributed by atoms with E-state index in [2.05, 4.69) is 25.6 Å². The number of aliphatic hydroxyl groups excluding tert-OH is 1. The van der Waals surface area contributed by atoms with Gasteiger partial charge in [0.05, 0.1) is 18.3 Å². The predicted octanol–water partition coefficient (Wildman–Crippen LogP) is 0.717. The summed E-state index contributed by atoms with van der Waals surface area (Å²) >= 11 is 0. The quantitative estimate of drug-likeness (QED) is 0.713. The average molecular weight is 355 g/mol. The lowest BCUT2D eigenvalue weighted by Gasteiger charge is -2.37. The van der Waals surface area contributed by atoms with Gasteiger partial charge < -0.3 is 10.4 Å². The fourth-order valence-corrected chi connectivity index (χ4v) is 3.56. The Labute approximate surface area is 150 Å². The second-order valence-corrected chi connectivity index (χ2v) is 6.98. The summed E-state index contributed by atoms with van der Waals surface area (Å²) in [6.45, 7) is 3.77. The first kappa shape index (κ1) is 16.6. The number of hydrogen-bond acceptors (Lipinski definition) is 6. The molecule has 2 N–H and O–H groups in total. The van der Waals surface area contributed by atoms with Gasteiger partial charge in [-0.25, -0.2) is 4.98 Å². The topological polar surface area (TPSA) is 110 Å². The van der Waals surface area contributed by atoms with Gasteiger partial charge in [0.25, 0.3) is 11.7 Å². The lowest BCUT2D eigenvalue weighted by molar-refractivity contribution is 0.0234. The number of nitrogens with zero attached hydrogens (tertiary/aromatic N) is 6. The molecule has 0 aliphatic heterocycles. The van der Waals surface area contributed by atoms with E-state index >= 15 is 0 Å². The van der Waals surface area contributed by atoms with Gasteiger partial charge in [-0.3, -0.25) is 13.9 Å². The molecule has 3 aromatic heterocycles. The van der Waals surface area contributed by atoms with Gasteiger partial charge in [0, 0.05) is 30.2 Å². The van der Waals surface area contributed by atoms with Crippen LogP contribution in [0, 0.1) is 19.8 Å². The number of aryl methyl sites for hydroxylation is 3. The first-order valence-corrected chi connectivity index (χ1v) is 8.59. The number of carbonyl (C=O) groups is 1. The van der Waals surface area contributed by atoms with Gasteiger partial charge in [-0.05, 0) is 38.7 Å². The van der Waals surface area contributed by atoms with Crippen LogP contribution in [0.2, 0.25) is 0 Å². The molecule has 4 rings (SSSR count). The fourth-order valence-electron chi connectivity index (χ4n) is 3.56. The number of nitrogens with one attached hydrogen (secondary N) is 1. The highest BCUT2D eigenvalue weighted by atomic mass is 16.3. The summed E-state index contributed by atoms with van der Waals surface area (Å²) in [5, 5.41) is 25.0. The molecule has 1 amide bonds. The summed E-state index contributed by atoms with van der Waals surface area (Å²) in [5.74, 6) is 0.462. The van der Waals surface area contributed by atoms with E-state index in [-0.39, 0.29) is 29.8 Å². The van der Waals surface area contributed by atoms with Gasteiger partial charge in [-0.2, -0.15) is 5.10 Å². The van der Waals surface area contributed by atoms with Crippen LogP contribution in [0.4, 0.5) is 0 Å². The van der Waals surface area contributed by atoms with Crippen molar-refractivity contribution in [1.82, 2.24) is 34.7 Å². The van der Waals surface area contributed by atoms with E-state index in [1.54, 1.807) is 15.3 Å². The normalized spacial score (nSPS) is 20.8. The van der Waals surface area contributed by atoms with Crippen molar-refractivity contribution in [3.8, 4) is 0 Å². The molecule has 0 radical (unpaired) electrons. The van der Waals surface area contributed by atoms with Crippen molar-refractivity contribution in [2.24, 2.45) is 13.0 Å². The number of fused-ring (bicyclic) bond motifs is 1. The summed E-state index contributed by atoms with van der Waals surface area (Å²) in [7, 11) is 1.83. The molecule has 0 aromatic carbocycles. The first-order chi connectivity index (χ1) is 12.4. The van der Waals surface area contributed by atoms with Crippen LogP contribution in [0.25, 0.3) is 5.78 Å². The van der Waals surface area contributed by atoms with E-state index in [0.717, 1.165) is 17.0 Å². The molecule has 1 fully saturated rings. The highest BCUT2D eigenvalue weighted by Crippen LogP contribution is 2.38. The van der Waals surface area contributed by atoms with Crippen molar-refractivity contribution in [2.45, 2.75) is 38.8 Å². The summed E-state index contributed by atoms with van der Waals surface area (Å²) in [5.41, 5.74) is 2.59. The summed E-state index contributed by atoms with van der Waals surface area (Å²) < 4.78 is 3.35. The van der Waals surface area contributed by atoms with Crippen molar-refractivity contribution in [2.75, 3.05) is 0 Å². The van der Waals surface area contributed by atoms with Crippen LogP contribution in [0.1, 0.15) is 46.5 Å². The largest absolute Gasteiger partial charge is 0.393 e. The van der Waals surface area contributed by atoms with Crippen LogP contribution in [0.3, 0.4) is 0 Å². The van der Waals surface area contributed by atoms with E-state index in [9.17, 15) is 9.90 Å². The molecule has 136 valence electrons. The smallest absolute Gasteiger partial charge is 0.290 e. The zero-order valence-electron chi connectivity index (χ0n) is 14.9. The van der Waals surface area contributed by atoms with E-state index in [1.807, 2.05) is 33.2 Å². The number of rotatable bonds is 4. The van der Waals surface area contributed by atoms with Gasteiger partial charge in [0.1, 0.15) is 0 Å². The number of aliphatic hydroxyl groups is 1. The summed E-state index contributed by atoms with van der Waals surface area (Å²) in [6.07, 6.45) is 4.63. The number of carbonyl (C=O) groups excluding carboxylic acids is 1. The molecule has 0 saturated heterocycles. The van der Waals surface area contributed by atoms with Crippen LogP contribution in [-0.2, 0) is 7.05 Å². The third kappa shape index (κ3) is 2.84. The van der Waals surface area contributed by atoms with Gasteiger partial charge in [0.15, 0.2) is 0 Å². The standard InChI is InChI=1S/C17H21N7O2/c1-9-4-10(2)24-15(21-22-17(24)19-9)16(26)20-14(11-5-13(25)6-11)12-7-18-23(3)8-12/h4,7-8,11,13-14,25H,5-6H2,1-3H3,(H,20,26)/t11?,13?,14-/m0/s1. The Bertz CT molecular complexity index is 971. The van der Waals surface area contributed by atoms with Gasteiger partial charge in [0.2, 0.25) is 5.82 Å². The molecule has 0 bridgehead atoms. The minimum absolute atomic E-state index is 0.166. The number of aromatic nitrogens is 6. The Hall–Kier alpha value is -2.81. The van der Waals surface area contributed by atoms with Crippen molar-refractivity contribution in [1.29, 1.82) is 0 Å². The van der Waals surface area contributed by atoms with Crippen LogP contribution < -0.4 is 5.32 Å². The molecular weight excluding hydrogens is 334 g/mol. The molecular formula is C17H21N7O2. The van der Waals surface area contributed by atoms with Crippen LogP contribution in [0.5, 0.6) is 0 Å². The fraction of sp³-hybridized carbons (Fsp3) is 0.471. The summed E-state index contributed by atoms with van der Waals surface area (Å²) in [4.78, 5) is 17.2. The van der Waals surface area contributed by atoms with Crippen molar-refractivity contribution < 1.29 is 9.90 Å². The molecule has 9 heteroatoms. The molecule has 9 nitrogen and oxygen atoms in total. The van der Waals surface area contributed by atoms with Crippen LogP contribution >= 0.6 is 0 Å². The highest BCUT2D eigenvalue weighted by molar-refractivity contribution is 5.91. The van der Waals surface area contributed by atoms with Gasteiger partial charge in [-0.1, -0.05) is 0 Å². The van der Waals surface area contributed by atoms with Crippen molar-refractivity contribution >= 4 is 11.7 Å². The van der Waals surface area contributed by atoms with Crippen LogP contribution in [-0.4, -0.2) is 46.5 Å². The molecule has 1 aliphatic carbocycles. The van der Waals surface area contributed by atoms with Crippen molar-refractivity contribution in [3.05, 3.63) is 41.2 Å². The molecule has 3 aromatic rings. The molecule has 26 heavy (non-hydrogen) atoms. The predicted molar refractivity (Wildman–Crippen MR) is 92.4 cm³/mol. The zero-order valence-corrected chi connectivity index (χ0v) is 14.9. The van der Waals surface area contributed by atoms with E-state index in [0.29, 0.717) is 18.6 Å². The maximum atomic E-state index is 12.9. The molecule has 3 heterocycles. The maximum absolute atomic E-state index is 12.9. The van der Waals surface area contributed by atoms with Crippen molar-refractivity contribution in [3.63, 3.8) is 0 Å². The second-order valence-electron chi connectivity index (χ2n) is 6.98. The molecule has 1 atom stereocenters. The SMILES string of the molecule is Cc1cc(C)n2c(C(=O)N[C@H](c3cnn(C)c3)C3CC(O)C3)nnc2n1. The lowest BCUT2D eigenvalue weighted by Crippen LogP contribution is -2.41. The minimum atomic E-state index is -0.318. The molecule has 0 spiro atoms. The third-order valence-electron chi connectivity index (χ3n) is 4.89. The zero-order chi connectivity index (χ0) is 18.4. The Morgan fingerprint density at radius 2 is 2.12 bits per heavy atom. The molecule has 1 aliphatic rings. The van der Waals surface area contributed by atoms with Gasteiger partial charge >= 0.3 is 0 Å². The third-order valence-corrected chi connectivity index (χ3v) is 4.89. The Balaban J connectivity index is 1.65. The van der Waals surface area contributed by atoms with E-state index in [4.69, 9.17) is 0 Å². The molecule has 0 unspecified atom stereocenters. The Morgan fingerprint density at radius 1 is 1.35 bits per heavy atom. The minimum Gasteiger partial charge on any atom is -0.393 e. The van der Waals surface area contributed by atoms with E-state index in [1.165, 1.54) is 0 Å². The van der Waals surface area contributed by atoms with Crippen LogP contribution in [0.15, 0.2) is 18.5 Å². The summed E-state index contributed by atoms with van der Waals surface area (Å²) in [6, 6.07) is 1.65. The Morgan fingerprint density at radius 3 is 2.77 bits per heavy atom. The van der Waals surface area contributed by atoms with E-state index < -0.39 is 0 Å².